The molecule has 0 aromatic heterocycles. The predicted molar refractivity (Wildman–Crippen MR) is 132 cm³/mol. The second-order valence-electron chi connectivity index (χ2n) is 12.1. The molecule has 0 aromatic rings. The minimum atomic E-state index is 0.372. The first-order valence-electron chi connectivity index (χ1n) is 13.2. The summed E-state index contributed by atoms with van der Waals surface area (Å²) in [5.41, 5.74) is 13.4. The molecule has 0 aromatic carbocycles. The molecule has 7 atom stereocenters. The smallest absolute Gasteiger partial charge is 0.0395 e. The van der Waals surface area contributed by atoms with Crippen LogP contribution in [0.1, 0.15) is 85.5 Å². The van der Waals surface area contributed by atoms with E-state index in [1.807, 2.05) is 0 Å². The van der Waals surface area contributed by atoms with Gasteiger partial charge < -0.3 is 5.73 Å². The minimum absolute atomic E-state index is 0.372. The van der Waals surface area contributed by atoms with Crippen LogP contribution < -0.4 is 5.73 Å². The standard InChI is InChI=1S/C29H44N2/c1-18(2)24-12-14-31-28(24)15-19(3)26-9-10-27-25-8-6-21-17-23(30)7-5-20(21)16-22(25)11-13-29(26,27)4/h5,8,11,18-19,21,23-24,26-27H,6-7,9-10,12-17,30H2,1-4H3/t19-,21+,23-,24?,26-,27+,29-/m1/s1. The van der Waals surface area contributed by atoms with E-state index in [4.69, 9.17) is 10.7 Å². The third-order valence-electron chi connectivity index (χ3n) is 9.96. The van der Waals surface area contributed by atoms with E-state index in [-0.39, 0.29) is 0 Å². The molecule has 0 saturated heterocycles. The number of hydrogen-bond acceptors (Lipinski definition) is 2. The van der Waals surface area contributed by atoms with Crippen LogP contribution in [0.5, 0.6) is 0 Å². The first kappa shape index (κ1) is 21.7. The highest BCUT2D eigenvalue weighted by Crippen LogP contribution is 2.61. The number of aliphatic imine (C=N–C) groups is 1. The molecule has 170 valence electrons. The Morgan fingerprint density at radius 2 is 1.94 bits per heavy atom. The molecule has 2 heteroatoms. The highest BCUT2D eigenvalue weighted by Gasteiger charge is 2.51. The van der Waals surface area contributed by atoms with Crippen LogP contribution in [0.2, 0.25) is 0 Å². The molecular weight excluding hydrogens is 376 g/mol. The lowest BCUT2D eigenvalue weighted by atomic mass is 9.60. The van der Waals surface area contributed by atoms with Gasteiger partial charge in [0, 0.05) is 24.2 Å². The van der Waals surface area contributed by atoms with Crippen molar-refractivity contribution in [2.75, 3.05) is 6.54 Å². The quantitative estimate of drug-likeness (QED) is 0.495. The van der Waals surface area contributed by atoms with Gasteiger partial charge in [0.2, 0.25) is 0 Å². The Labute approximate surface area is 190 Å². The number of rotatable bonds is 4. The molecule has 1 aliphatic heterocycles. The van der Waals surface area contributed by atoms with Crippen LogP contribution in [0.25, 0.3) is 0 Å². The van der Waals surface area contributed by atoms with Gasteiger partial charge in [0.25, 0.3) is 0 Å². The van der Waals surface area contributed by atoms with Crippen molar-refractivity contribution in [3.8, 4) is 0 Å². The van der Waals surface area contributed by atoms with Gasteiger partial charge in [-0.2, -0.15) is 0 Å². The Bertz CT molecular complexity index is 828. The molecule has 1 unspecified atom stereocenters. The van der Waals surface area contributed by atoms with Crippen molar-refractivity contribution in [2.45, 2.75) is 91.5 Å². The number of allylic oxidation sites excluding steroid dienone is 5. The lowest BCUT2D eigenvalue weighted by molar-refractivity contribution is 0.130. The van der Waals surface area contributed by atoms with Gasteiger partial charge in [-0.05, 0) is 104 Å². The first-order chi connectivity index (χ1) is 14.9. The third-order valence-corrected chi connectivity index (χ3v) is 9.96. The van der Waals surface area contributed by atoms with E-state index in [0.717, 1.165) is 42.6 Å². The summed E-state index contributed by atoms with van der Waals surface area (Å²) >= 11 is 0. The number of nitrogens with two attached hydrogens (primary N) is 1. The zero-order valence-corrected chi connectivity index (χ0v) is 20.4. The van der Waals surface area contributed by atoms with E-state index < -0.39 is 0 Å². The summed E-state index contributed by atoms with van der Waals surface area (Å²) in [5, 5.41) is 0. The van der Waals surface area contributed by atoms with E-state index >= 15 is 0 Å². The lowest BCUT2D eigenvalue weighted by Crippen LogP contribution is -2.36. The summed E-state index contributed by atoms with van der Waals surface area (Å²) < 4.78 is 0. The Kier molecular flexibility index (Phi) is 5.82. The van der Waals surface area contributed by atoms with Crippen LogP contribution in [0, 0.1) is 40.9 Å². The summed E-state index contributed by atoms with van der Waals surface area (Å²) in [6.07, 6.45) is 19.0. The van der Waals surface area contributed by atoms with Crippen molar-refractivity contribution in [3.63, 3.8) is 0 Å². The molecule has 4 aliphatic carbocycles. The van der Waals surface area contributed by atoms with E-state index in [9.17, 15) is 0 Å². The molecule has 1 saturated carbocycles. The van der Waals surface area contributed by atoms with Gasteiger partial charge in [-0.25, -0.2) is 0 Å². The van der Waals surface area contributed by atoms with E-state index in [1.165, 1.54) is 51.4 Å². The molecule has 0 spiro atoms. The van der Waals surface area contributed by atoms with Crippen LogP contribution in [-0.2, 0) is 0 Å². The average Bonchev–Trinajstić information content (AvgIpc) is 3.28. The molecule has 31 heavy (non-hydrogen) atoms. The number of hydrogen-bond donors (Lipinski definition) is 1. The van der Waals surface area contributed by atoms with Gasteiger partial charge in [-0.1, -0.05) is 51.5 Å². The van der Waals surface area contributed by atoms with Crippen LogP contribution >= 0.6 is 0 Å². The Morgan fingerprint density at radius 3 is 2.74 bits per heavy atom. The monoisotopic (exact) mass is 420 g/mol. The predicted octanol–water partition coefficient (Wildman–Crippen LogP) is 6.88. The van der Waals surface area contributed by atoms with Crippen molar-refractivity contribution in [2.24, 2.45) is 51.6 Å². The fraction of sp³-hybridized carbons (Fsp3) is 0.759. The molecule has 2 nitrogen and oxygen atoms in total. The molecule has 2 N–H and O–H groups in total. The van der Waals surface area contributed by atoms with Crippen LogP contribution in [0.15, 0.2) is 39.9 Å². The average molecular weight is 421 g/mol. The maximum Gasteiger partial charge on any atom is 0.0395 e. The van der Waals surface area contributed by atoms with Crippen LogP contribution in [0.3, 0.4) is 0 Å². The Morgan fingerprint density at radius 1 is 1.10 bits per heavy atom. The summed E-state index contributed by atoms with van der Waals surface area (Å²) in [6.45, 7) is 11.0. The van der Waals surface area contributed by atoms with Crippen molar-refractivity contribution >= 4 is 5.71 Å². The third kappa shape index (κ3) is 3.81. The van der Waals surface area contributed by atoms with E-state index in [0.29, 0.717) is 17.4 Å². The Hall–Kier alpha value is -1.15. The normalized spacial score (nSPS) is 40.8. The number of fused-ring (bicyclic) bond motifs is 4. The summed E-state index contributed by atoms with van der Waals surface area (Å²) in [6, 6.07) is 0.372. The molecule has 0 radical (unpaired) electrons. The summed E-state index contributed by atoms with van der Waals surface area (Å²) in [7, 11) is 0. The van der Waals surface area contributed by atoms with Crippen LogP contribution in [-0.4, -0.2) is 18.3 Å². The zero-order valence-electron chi connectivity index (χ0n) is 20.4. The van der Waals surface area contributed by atoms with Crippen molar-refractivity contribution < 1.29 is 0 Å². The molecule has 0 bridgehead atoms. The largest absolute Gasteiger partial charge is 0.327 e. The fourth-order valence-corrected chi connectivity index (χ4v) is 8.21. The fourth-order valence-electron chi connectivity index (χ4n) is 8.21. The second kappa shape index (κ2) is 8.32. The lowest BCUT2D eigenvalue weighted by Gasteiger charge is -2.44. The van der Waals surface area contributed by atoms with Crippen LogP contribution in [0.4, 0.5) is 0 Å². The van der Waals surface area contributed by atoms with E-state index in [1.54, 1.807) is 22.4 Å². The van der Waals surface area contributed by atoms with Crippen molar-refractivity contribution in [1.29, 1.82) is 0 Å². The highest BCUT2D eigenvalue weighted by molar-refractivity contribution is 5.88. The molecule has 1 fully saturated rings. The van der Waals surface area contributed by atoms with Gasteiger partial charge in [-0.15, -0.1) is 0 Å². The molecule has 5 rings (SSSR count). The summed E-state index contributed by atoms with van der Waals surface area (Å²) in [5.74, 6) is 4.50. The van der Waals surface area contributed by atoms with Gasteiger partial charge in [-0.3, -0.25) is 4.99 Å². The highest BCUT2D eigenvalue weighted by atomic mass is 14.8. The van der Waals surface area contributed by atoms with Gasteiger partial charge in [0.1, 0.15) is 0 Å². The van der Waals surface area contributed by atoms with Gasteiger partial charge in [0.15, 0.2) is 0 Å². The van der Waals surface area contributed by atoms with Crippen molar-refractivity contribution in [3.05, 3.63) is 34.9 Å². The first-order valence-corrected chi connectivity index (χ1v) is 13.2. The topological polar surface area (TPSA) is 38.4 Å². The Balaban J connectivity index is 1.35. The minimum Gasteiger partial charge on any atom is -0.327 e. The molecule has 0 amide bonds. The second-order valence-corrected chi connectivity index (χ2v) is 12.1. The molecule has 1 heterocycles. The maximum absolute atomic E-state index is 6.30. The SMILES string of the molecule is CC(C)C1CCN=C1C[C@@H](C)[C@H]1CC[C@H]2C3=CC[C@H]4C[C@H](N)CC=C4CC3=CC[C@]12C. The van der Waals surface area contributed by atoms with Gasteiger partial charge in [0.05, 0.1) is 0 Å². The number of nitrogens with zero attached hydrogens (tertiary/aromatic N) is 1. The van der Waals surface area contributed by atoms with Gasteiger partial charge >= 0.3 is 0 Å². The van der Waals surface area contributed by atoms with Crippen molar-refractivity contribution in [1.82, 2.24) is 0 Å². The zero-order chi connectivity index (χ0) is 21.8. The molecule has 5 aliphatic rings. The van der Waals surface area contributed by atoms with E-state index in [2.05, 4.69) is 45.9 Å². The summed E-state index contributed by atoms with van der Waals surface area (Å²) in [4.78, 5) is 4.98. The molecular formula is C29H44N2. The maximum atomic E-state index is 6.30.